The molecule has 37 heavy (non-hydrogen) atoms. The van der Waals surface area contributed by atoms with Crippen LogP contribution in [-0.4, -0.2) is 50.0 Å². The Bertz CT molecular complexity index is 1180. The monoisotopic (exact) mass is 541 g/mol. The van der Waals surface area contributed by atoms with Crippen LogP contribution in [0.2, 0.25) is 0 Å². The highest BCUT2D eigenvalue weighted by atomic mass is 32.2. The van der Waals surface area contributed by atoms with Crippen LogP contribution in [-0.2, 0) is 26.2 Å². The molecule has 2 rings (SSSR count). The Morgan fingerprint density at radius 3 is 2.16 bits per heavy atom. The molecule has 11 heteroatoms. The Kier molecular flexibility index (Phi) is 11.0. The third-order valence-electron chi connectivity index (χ3n) is 6.00. The maximum Gasteiger partial charge on any atom is 0.243 e. The Labute approximate surface area is 216 Å². The molecular weight excluding hydrogens is 507 g/mol. The highest BCUT2D eigenvalue weighted by molar-refractivity contribution is 7.92. The fraction of sp³-hybridized carbons (Fsp3) is 0.462. The number of carbonyl (C=O) groups is 2. The van der Waals surface area contributed by atoms with Gasteiger partial charge in [-0.2, -0.15) is 0 Å². The molecule has 0 bridgehead atoms. The van der Waals surface area contributed by atoms with Crippen molar-refractivity contribution in [3.8, 4) is 0 Å². The first kappa shape index (κ1) is 30.1. The number of halogens is 3. The molecule has 0 radical (unpaired) electrons. The Balaban J connectivity index is 2.23. The van der Waals surface area contributed by atoms with Crippen molar-refractivity contribution in [2.45, 2.75) is 65.1 Å². The summed E-state index contributed by atoms with van der Waals surface area (Å²) in [6.07, 6.45) is 1.93. The largest absolute Gasteiger partial charge is 0.352 e. The summed E-state index contributed by atoms with van der Waals surface area (Å²) in [5, 5.41) is 2.89. The van der Waals surface area contributed by atoms with Crippen molar-refractivity contribution in [1.29, 1.82) is 0 Å². The molecule has 2 aromatic carbocycles. The van der Waals surface area contributed by atoms with Crippen LogP contribution in [0.4, 0.5) is 18.9 Å². The van der Waals surface area contributed by atoms with Gasteiger partial charge in [0.15, 0.2) is 11.6 Å². The molecule has 0 saturated carbocycles. The fourth-order valence-corrected chi connectivity index (χ4v) is 4.75. The van der Waals surface area contributed by atoms with Crippen LogP contribution < -0.4 is 9.62 Å². The number of anilines is 1. The minimum Gasteiger partial charge on any atom is -0.352 e. The van der Waals surface area contributed by atoms with Crippen molar-refractivity contribution in [3.05, 3.63) is 65.5 Å². The average Bonchev–Trinajstić information content (AvgIpc) is 2.83. The maximum atomic E-state index is 13.7. The molecule has 0 unspecified atom stereocenters. The first-order valence-corrected chi connectivity index (χ1v) is 14.0. The van der Waals surface area contributed by atoms with Crippen molar-refractivity contribution in [2.24, 2.45) is 0 Å². The zero-order chi connectivity index (χ0) is 27.8. The topological polar surface area (TPSA) is 86.8 Å². The van der Waals surface area contributed by atoms with Crippen LogP contribution in [0.25, 0.3) is 0 Å². The summed E-state index contributed by atoms with van der Waals surface area (Å²) in [6, 6.07) is 7.48. The van der Waals surface area contributed by atoms with Gasteiger partial charge >= 0.3 is 0 Å². The van der Waals surface area contributed by atoms with E-state index in [1.807, 2.05) is 13.8 Å². The number of sulfonamides is 1. The predicted octanol–water partition coefficient (Wildman–Crippen LogP) is 4.37. The highest BCUT2D eigenvalue weighted by Gasteiger charge is 2.29. The van der Waals surface area contributed by atoms with Crippen LogP contribution in [0, 0.1) is 17.5 Å². The molecule has 0 heterocycles. The lowest BCUT2D eigenvalue weighted by molar-refractivity contribution is -0.141. The van der Waals surface area contributed by atoms with Gasteiger partial charge in [-0.3, -0.25) is 13.9 Å². The Morgan fingerprint density at radius 1 is 0.973 bits per heavy atom. The third kappa shape index (κ3) is 8.77. The van der Waals surface area contributed by atoms with Gasteiger partial charge in [0.1, 0.15) is 11.9 Å². The summed E-state index contributed by atoms with van der Waals surface area (Å²) in [5.41, 5.74) is 0.570. The van der Waals surface area contributed by atoms with E-state index < -0.39 is 39.4 Å². The summed E-state index contributed by atoms with van der Waals surface area (Å²) >= 11 is 0. The second-order valence-corrected chi connectivity index (χ2v) is 10.8. The van der Waals surface area contributed by atoms with E-state index in [-0.39, 0.29) is 43.6 Å². The van der Waals surface area contributed by atoms with Crippen LogP contribution in [0.3, 0.4) is 0 Å². The summed E-state index contributed by atoms with van der Waals surface area (Å²) in [6.45, 7) is 5.46. The molecule has 204 valence electrons. The van der Waals surface area contributed by atoms with Crippen molar-refractivity contribution in [1.82, 2.24) is 10.2 Å². The number of rotatable bonds is 13. The van der Waals surface area contributed by atoms with Gasteiger partial charge < -0.3 is 10.2 Å². The molecule has 1 N–H and O–H groups in total. The molecule has 0 spiro atoms. The van der Waals surface area contributed by atoms with Crippen LogP contribution in [0.1, 0.15) is 52.0 Å². The zero-order valence-electron chi connectivity index (χ0n) is 21.5. The second kappa shape index (κ2) is 13.5. The van der Waals surface area contributed by atoms with Gasteiger partial charge in [0.2, 0.25) is 21.8 Å². The van der Waals surface area contributed by atoms with E-state index in [9.17, 15) is 31.2 Å². The molecule has 2 atom stereocenters. The molecule has 0 fully saturated rings. The van der Waals surface area contributed by atoms with Crippen LogP contribution in [0.5, 0.6) is 0 Å². The van der Waals surface area contributed by atoms with Crippen molar-refractivity contribution >= 4 is 27.5 Å². The van der Waals surface area contributed by atoms with E-state index in [1.54, 1.807) is 6.92 Å². The standard InChI is InChI=1S/C26H34F3N3O4S/c1-5-18(3)30-26(34)24(6-2)31(17-19-9-11-20(27)12-10-19)25(33)8-7-15-32(37(4,35)36)21-13-14-22(28)23(29)16-21/h9-14,16,18,24H,5-8,15,17H2,1-4H3,(H,30,34)/t18-,24+/m1/s1. The second-order valence-electron chi connectivity index (χ2n) is 8.93. The lowest BCUT2D eigenvalue weighted by Gasteiger charge is -2.32. The van der Waals surface area contributed by atoms with E-state index in [0.717, 1.165) is 28.8 Å². The number of hydrogen-bond acceptors (Lipinski definition) is 4. The SMILES string of the molecule is CC[C@@H](C)NC(=O)[C@H](CC)N(Cc1ccc(F)cc1)C(=O)CCCN(c1ccc(F)c(F)c1)S(C)(=O)=O. The van der Waals surface area contributed by atoms with Crippen molar-refractivity contribution in [2.75, 3.05) is 17.1 Å². The van der Waals surface area contributed by atoms with Gasteiger partial charge in [-0.15, -0.1) is 0 Å². The number of benzene rings is 2. The highest BCUT2D eigenvalue weighted by Crippen LogP contribution is 2.22. The lowest BCUT2D eigenvalue weighted by Crippen LogP contribution is -2.50. The van der Waals surface area contributed by atoms with E-state index in [0.29, 0.717) is 18.4 Å². The predicted molar refractivity (Wildman–Crippen MR) is 137 cm³/mol. The number of nitrogens with zero attached hydrogens (tertiary/aromatic N) is 2. The van der Waals surface area contributed by atoms with Crippen molar-refractivity contribution in [3.63, 3.8) is 0 Å². The summed E-state index contributed by atoms with van der Waals surface area (Å²) in [5.74, 6) is -3.43. The molecule has 0 aliphatic carbocycles. The molecule has 0 aliphatic heterocycles. The van der Waals surface area contributed by atoms with Crippen LogP contribution in [0.15, 0.2) is 42.5 Å². The van der Waals surface area contributed by atoms with Gasteiger partial charge in [-0.25, -0.2) is 21.6 Å². The number of amides is 2. The fourth-order valence-electron chi connectivity index (χ4n) is 3.79. The normalized spacial score (nSPS) is 13.1. The number of nitrogens with one attached hydrogen (secondary N) is 1. The Morgan fingerprint density at radius 2 is 1.62 bits per heavy atom. The molecule has 0 aromatic heterocycles. The molecular formula is C26H34F3N3O4S. The molecule has 2 aromatic rings. The van der Waals surface area contributed by atoms with E-state index in [2.05, 4.69) is 5.32 Å². The Hall–Kier alpha value is -3.08. The zero-order valence-corrected chi connectivity index (χ0v) is 22.3. The summed E-state index contributed by atoms with van der Waals surface area (Å²) in [7, 11) is -3.85. The van der Waals surface area contributed by atoms with Gasteiger partial charge in [0.25, 0.3) is 0 Å². The van der Waals surface area contributed by atoms with Gasteiger partial charge in [0.05, 0.1) is 11.9 Å². The average molecular weight is 542 g/mol. The smallest absolute Gasteiger partial charge is 0.243 e. The minimum atomic E-state index is -3.85. The van der Waals surface area contributed by atoms with E-state index in [1.165, 1.54) is 29.2 Å². The van der Waals surface area contributed by atoms with E-state index in [4.69, 9.17) is 0 Å². The quantitative estimate of drug-likeness (QED) is 0.408. The number of carbonyl (C=O) groups excluding carboxylic acids is 2. The van der Waals surface area contributed by atoms with Gasteiger partial charge in [-0.1, -0.05) is 26.0 Å². The third-order valence-corrected chi connectivity index (χ3v) is 7.19. The summed E-state index contributed by atoms with van der Waals surface area (Å²) < 4.78 is 66.0. The number of hydrogen-bond donors (Lipinski definition) is 1. The molecule has 2 amide bonds. The molecule has 0 aliphatic rings. The lowest BCUT2D eigenvalue weighted by atomic mass is 10.1. The molecule has 7 nitrogen and oxygen atoms in total. The molecule has 0 saturated heterocycles. The minimum absolute atomic E-state index is 0.0589. The van der Waals surface area contributed by atoms with Crippen LogP contribution >= 0.6 is 0 Å². The van der Waals surface area contributed by atoms with Gasteiger partial charge in [-0.05, 0) is 56.0 Å². The maximum absolute atomic E-state index is 13.7. The van der Waals surface area contributed by atoms with Gasteiger partial charge in [0, 0.05) is 31.6 Å². The first-order valence-electron chi connectivity index (χ1n) is 12.1. The van der Waals surface area contributed by atoms with E-state index >= 15 is 0 Å². The first-order chi connectivity index (χ1) is 17.4. The van der Waals surface area contributed by atoms with Crippen molar-refractivity contribution < 1.29 is 31.2 Å². The summed E-state index contributed by atoms with van der Waals surface area (Å²) in [4.78, 5) is 27.7.